The Bertz CT molecular complexity index is 471. The number of carboxylic acid groups (broad SMARTS) is 1. The van der Waals surface area contributed by atoms with Crippen molar-refractivity contribution in [3.8, 4) is 6.07 Å². The zero-order chi connectivity index (χ0) is 12.3. The van der Waals surface area contributed by atoms with Crippen molar-refractivity contribution in [3.05, 3.63) is 27.5 Å². The lowest BCUT2D eigenvalue weighted by molar-refractivity contribution is -0.136. The fraction of sp³-hybridized carbons (Fsp3) is 0.222. The summed E-state index contributed by atoms with van der Waals surface area (Å²) in [5, 5.41) is 17.3. The molecule has 84 valence electrons. The summed E-state index contributed by atoms with van der Waals surface area (Å²) >= 11 is 2.85. The Hall–Kier alpha value is -1.55. The van der Waals surface area contributed by atoms with E-state index in [1.165, 1.54) is 0 Å². The van der Waals surface area contributed by atoms with E-state index in [-0.39, 0.29) is 15.7 Å². The molecule has 1 aromatic rings. The zero-order valence-electron chi connectivity index (χ0n) is 7.75. The van der Waals surface area contributed by atoms with Gasteiger partial charge in [-0.15, -0.1) is 0 Å². The molecule has 0 bridgehead atoms. The van der Waals surface area contributed by atoms with Gasteiger partial charge in [0.25, 0.3) is 6.43 Å². The molecular weight excluding hydrogens is 286 g/mol. The van der Waals surface area contributed by atoms with Crippen molar-refractivity contribution in [1.29, 1.82) is 5.26 Å². The summed E-state index contributed by atoms with van der Waals surface area (Å²) in [5.74, 6) is -1.23. The van der Waals surface area contributed by atoms with Crippen LogP contribution in [-0.2, 0) is 11.2 Å². The van der Waals surface area contributed by atoms with Crippen molar-refractivity contribution in [2.45, 2.75) is 12.8 Å². The summed E-state index contributed by atoms with van der Waals surface area (Å²) in [6.45, 7) is 0. The number of halogens is 3. The van der Waals surface area contributed by atoms with Crippen molar-refractivity contribution in [2.24, 2.45) is 0 Å². The van der Waals surface area contributed by atoms with Crippen molar-refractivity contribution in [1.82, 2.24) is 4.98 Å². The largest absolute Gasteiger partial charge is 0.481 e. The fourth-order valence-electron chi connectivity index (χ4n) is 1.16. The maximum atomic E-state index is 12.6. The van der Waals surface area contributed by atoms with Crippen LogP contribution >= 0.6 is 15.9 Å². The third-order valence-corrected chi connectivity index (χ3v) is 2.43. The third kappa shape index (κ3) is 2.52. The minimum absolute atomic E-state index is 0.00631. The number of aromatic nitrogens is 1. The van der Waals surface area contributed by atoms with Crippen molar-refractivity contribution >= 4 is 21.9 Å². The summed E-state index contributed by atoms with van der Waals surface area (Å²) in [7, 11) is 0. The zero-order valence-corrected chi connectivity index (χ0v) is 9.33. The number of nitriles is 1. The first-order valence-electron chi connectivity index (χ1n) is 4.04. The van der Waals surface area contributed by atoms with Crippen molar-refractivity contribution in [2.75, 3.05) is 0 Å². The third-order valence-electron chi connectivity index (χ3n) is 1.80. The van der Waals surface area contributed by atoms with Gasteiger partial charge in [-0.1, -0.05) is 0 Å². The Kier molecular flexibility index (Phi) is 3.90. The number of alkyl halides is 2. The van der Waals surface area contributed by atoms with Crippen LogP contribution in [-0.4, -0.2) is 16.1 Å². The molecular formula is C9H5BrF2N2O2. The molecule has 0 saturated heterocycles. The first kappa shape index (κ1) is 12.5. The van der Waals surface area contributed by atoms with Crippen molar-refractivity contribution < 1.29 is 18.7 Å². The number of rotatable bonds is 3. The number of hydrogen-bond donors (Lipinski definition) is 1. The van der Waals surface area contributed by atoms with E-state index in [1.807, 2.05) is 0 Å². The van der Waals surface area contributed by atoms with Gasteiger partial charge in [0.1, 0.15) is 6.07 Å². The number of carboxylic acids is 1. The average molecular weight is 291 g/mol. The van der Waals surface area contributed by atoms with E-state index in [0.717, 1.165) is 6.20 Å². The molecule has 0 radical (unpaired) electrons. The number of carbonyl (C=O) groups is 1. The monoisotopic (exact) mass is 290 g/mol. The molecule has 1 aromatic heterocycles. The molecule has 0 saturated carbocycles. The van der Waals surface area contributed by atoms with Crippen LogP contribution in [0.2, 0.25) is 0 Å². The SMILES string of the molecule is N#Cc1c(CC(=O)O)ncc(Br)c1C(F)F. The summed E-state index contributed by atoms with van der Waals surface area (Å²) in [6, 6.07) is 1.56. The molecule has 0 aliphatic rings. The first-order valence-corrected chi connectivity index (χ1v) is 4.84. The second-order valence-electron chi connectivity index (χ2n) is 2.82. The van der Waals surface area contributed by atoms with E-state index >= 15 is 0 Å². The Labute approximate surface area is 97.7 Å². The molecule has 0 aliphatic heterocycles. The Morgan fingerprint density at radius 3 is 2.75 bits per heavy atom. The highest BCUT2D eigenvalue weighted by atomic mass is 79.9. The van der Waals surface area contributed by atoms with E-state index in [4.69, 9.17) is 10.4 Å². The van der Waals surface area contributed by atoms with E-state index in [9.17, 15) is 13.6 Å². The topological polar surface area (TPSA) is 74.0 Å². The van der Waals surface area contributed by atoms with E-state index in [0.29, 0.717) is 0 Å². The van der Waals surface area contributed by atoms with Gasteiger partial charge in [0.15, 0.2) is 0 Å². The second kappa shape index (κ2) is 4.99. The van der Waals surface area contributed by atoms with Gasteiger partial charge < -0.3 is 5.11 Å². The van der Waals surface area contributed by atoms with Gasteiger partial charge >= 0.3 is 5.97 Å². The number of aliphatic carboxylic acids is 1. The van der Waals surface area contributed by atoms with Crippen LogP contribution in [0.3, 0.4) is 0 Å². The van der Waals surface area contributed by atoms with Crippen LogP contribution in [0.25, 0.3) is 0 Å². The molecule has 4 nitrogen and oxygen atoms in total. The highest BCUT2D eigenvalue weighted by molar-refractivity contribution is 9.10. The van der Waals surface area contributed by atoms with Crippen LogP contribution in [0.15, 0.2) is 10.7 Å². The molecule has 0 aromatic carbocycles. The predicted molar refractivity (Wildman–Crippen MR) is 52.9 cm³/mol. The normalized spacial score (nSPS) is 10.2. The van der Waals surface area contributed by atoms with E-state index in [2.05, 4.69) is 20.9 Å². The van der Waals surface area contributed by atoms with Gasteiger partial charge in [0.05, 0.1) is 23.2 Å². The second-order valence-corrected chi connectivity index (χ2v) is 3.68. The Morgan fingerprint density at radius 2 is 2.31 bits per heavy atom. The molecule has 1 N–H and O–H groups in total. The van der Waals surface area contributed by atoms with E-state index < -0.39 is 24.4 Å². The maximum Gasteiger partial charge on any atom is 0.309 e. The van der Waals surface area contributed by atoms with Gasteiger partial charge in [-0.3, -0.25) is 9.78 Å². The molecule has 0 fully saturated rings. The standard InChI is InChI=1S/C9H5BrF2N2O2/c10-5-3-14-6(1-7(15)16)4(2-13)8(5)9(11)12/h3,9H,1H2,(H,15,16). The molecule has 1 heterocycles. The van der Waals surface area contributed by atoms with E-state index in [1.54, 1.807) is 6.07 Å². The summed E-state index contributed by atoms with van der Waals surface area (Å²) in [5.41, 5.74) is -1.06. The highest BCUT2D eigenvalue weighted by Gasteiger charge is 2.21. The quantitative estimate of drug-likeness (QED) is 0.927. The predicted octanol–water partition coefficient (Wildman–Crippen LogP) is 2.28. The van der Waals surface area contributed by atoms with Crippen LogP contribution < -0.4 is 0 Å². The molecule has 0 atom stereocenters. The van der Waals surface area contributed by atoms with Crippen LogP contribution in [0, 0.1) is 11.3 Å². The van der Waals surface area contributed by atoms with Gasteiger partial charge in [-0.2, -0.15) is 5.26 Å². The lowest BCUT2D eigenvalue weighted by atomic mass is 10.1. The molecule has 0 unspecified atom stereocenters. The lowest BCUT2D eigenvalue weighted by Gasteiger charge is -2.08. The van der Waals surface area contributed by atoms with Gasteiger partial charge in [-0.25, -0.2) is 8.78 Å². The summed E-state index contributed by atoms with van der Waals surface area (Å²) in [4.78, 5) is 14.1. The number of nitrogens with zero attached hydrogens (tertiary/aromatic N) is 2. The minimum atomic E-state index is -2.86. The van der Waals surface area contributed by atoms with Crippen molar-refractivity contribution in [3.63, 3.8) is 0 Å². The molecule has 16 heavy (non-hydrogen) atoms. The number of pyridine rings is 1. The lowest BCUT2D eigenvalue weighted by Crippen LogP contribution is -2.07. The highest BCUT2D eigenvalue weighted by Crippen LogP contribution is 2.31. The van der Waals surface area contributed by atoms with Gasteiger partial charge in [-0.05, 0) is 15.9 Å². The Balaban J connectivity index is 3.38. The molecule has 0 amide bonds. The average Bonchev–Trinajstić information content (AvgIpc) is 2.18. The van der Waals surface area contributed by atoms with Crippen LogP contribution in [0.4, 0.5) is 8.78 Å². The fourth-order valence-corrected chi connectivity index (χ4v) is 1.63. The van der Waals surface area contributed by atoms with Gasteiger partial charge in [0.2, 0.25) is 0 Å². The number of hydrogen-bond acceptors (Lipinski definition) is 3. The molecule has 7 heteroatoms. The maximum absolute atomic E-state index is 12.6. The van der Waals surface area contributed by atoms with Crippen LogP contribution in [0.5, 0.6) is 0 Å². The minimum Gasteiger partial charge on any atom is -0.481 e. The smallest absolute Gasteiger partial charge is 0.309 e. The molecule has 1 rings (SSSR count). The Morgan fingerprint density at radius 1 is 1.69 bits per heavy atom. The van der Waals surface area contributed by atoms with Crippen LogP contribution in [0.1, 0.15) is 23.2 Å². The van der Waals surface area contributed by atoms with Gasteiger partial charge in [0, 0.05) is 10.7 Å². The summed E-state index contributed by atoms with van der Waals surface area (Å²) in [6.07, 6.45) is -2.35. The summed E-state index contributed by atoms with van der Waals surface area (Å²) < 4.78 is 25.3. The molecule has 0 spiro atoms. The molecule has 0 aliphatic carbocycles. The first-order chi connectivity index (χ1) is 7.47.